The molecule has 0 unspecified atom stereocenters. The Morgan fingerprint density at radius 3 is 2.68 bits per heavy atom. The molecule has 3 rings (SSSR count). The van der Waals surface area contributed by atoms with Gasteiger partial charge in [-0.3, -0.25) is 0 Å². The molecule has 6 nitrogen and oxygen atoms in total. The summed E-state index contributed by atoms with van der Waals surface area (Å²) in [5.41, 5.74) is 0.938. The molecule has 0 radical (unpaired) electrons. The predicted molar refractivity (Wildman–Crippen MR) is 101 cm³/mol. The van der Waals surface area contributed by atoms with Crippen molar-refractivity contribution in [3.8, 4) is 28.8 Å². The molecule has 0 fully saturated rings. The van der Waals surface area contributed by atoms with Gasteiger partial charge in [0.1, 0.15) is 11.6 Å². The van der Waals surface area contributed by atoms with Gasteiger partial charge in [-0.1, -0.05) is 35.9 Å². The van der Waals surface area contributed by atoms with Crippen molar-refractivity contribution >= 4 is 17.8 Å². The average molecular weight is 403 g/mol. The largest absolute Gasteiger partial charge is 0.514 e. The molecule has 144 valence electrons. The molecule has 8 heteroatoms. The molecule has 0 saturated heterocycles. The molecule has 0 aliphatic heterocycles. The van der Waals surface area contributed by atoms with Crippen molar-refractivity contribution in [1.29, 1.82) is 0 Å². The lowest BCUT2D eigenvalue weighted by molar-refractivity contribution is 0.103. The fraction of sp³-hybridized carbons (Fsp3) is 0.150. The Kier molecular flexibility index (Phi) is 6.06. The summed E-state index contributed by atoms with van der Waals surface area (Å²) in [5, 5.41) is 0.339. The van der Waals surface area contributed by atoms with E-state index in [1.54, 1.807) is 50.2 Å². The fourth-order valence-electron chi connectivity index (χ4n) is 2.24. The molecular weight excluding hydrogens is 387 g/mol. The van der Waals surface area contributed by atoms with Crippen LogP contribution in [0.25, 0.3) is 11.4 Å². The Balaban J connectivity index is 2.01. The third-order valence-corrected chi connectivity index (χ3v) is 3.96. The molecule has 1 aromatic heterocycles. The second kappa shape index (κ2) is 8.67. The zero-order chi connectivity index (χ0) is 20.1. The number of aromatic nitrogens is 2. The van der Waals surface area contributed by atoms with Crippen LogP contribution < -0.4 is 9.47 Å². The lowest BCUT2D eigenvalue weighted by atomic mass is 10.1. The van der Waals surface area contributed by atoms with Crippen LogP contribution in [0.1, 0.15) is 12.5 Å². The van der Waals surface area contributed by atoms with Crippen molar-refractivity contribution in [2.45, 2.75) is 13.8 Å². The Labute approximate surface area is 165 Å². The Morgan fingerprint density at radius 1 is 1.18 bits per heavy atom. The number of nitrogens with zero attached hydrogens (tertiary/aromatic N) is 2. The van der Waals surface area contributed by atoms with Crippen LogP contribution in [0, 0.1) is 12.7 Å². The first-order valence-corrected chi connectivity index (χ1v) is 8.76. The van der Waals surface area contributed by atoms with Crippen molar-refractivity contribution in [2.75, 3.05) is 6.61 Å². The summed E-state index contributed by atoms with van der Waals surface area (Å²) in [6, 6.07) is 11.3. The van der Waals surface area contributed by atoms with Gasteiger partial charge in [-0.15, -0.1) is 0 Å². The van der Waals surface area contributed by atoms with Crippen LogP contribution in [0.3, 0.4) is 0 Å². The maximum Gasteiger partial charge on any atom is 0.514 e. The van der Waals surface area contributed by atoms with Crippen molar-refractivity contribution in [2.24, 2.45) is 0 Å². The second-order valence-corrected chi connectivity index (χ2v) is 6.05. The van der Waals surface area contributed by atoms with Crippen LogP contribution in [0.4, 0.5) is 9.18 Å². The molecule has 0 bridgehead atoms. The summed E-state index contributed by atoms with van der Waals surface area (Å²) in [5.74, 6) is -0.0156. The van der Waals surface area contributed by atoms with Crippen LogP contribution in [0.15, 0.2) is 48.7 Å². The molecule has 0 amide bonds. The molecule has 0 aliphatic rings. The van der Waals surface area contributed by atoms with E-state index < -0.39 is 6.16 Å². The number of halogens is 2. The van der Waals surface area contributed by atoms with Crippen LogP contribution in [0.5, 0.6) is 17.4 Å². The first-order chi connectivity index (χ1) is 13.5. The number of hydrogen-bond acceptors (Lipinski definition) is 6. The summed E-state index contributed by atoms with van der Waals surface area (Å²) in [6.07, 6.45) is 0.327. The minimum absolute atomic E-state index is 0.0605. The molecule has 0 N–H and O–H groups in total. The Bertz CT molecular complexity index is 1010. The third-order valence-electron chi connectivity index (χ3n) is 3.65. The summed E-state index contributed by atoms with van der Waals surface area (Å²) in [6.45, 7) is 3.44. The topological polar surface area (TPSA) is 70.5 Å². The molecular formula is C20H16ClFN2O4. The summed E-state index contributed by atoms with van der Waals surface area (Å²) >= 11 is 6.13. The van der Waals surface area contributed by atoms with Crippen LogP contribution >= 0.6 is 11.6 Å². The summed E-state index contributed by atoms with van der Waals surface area (Å²) in [4.78, 5) is 20.1. The number of carbonyl (C=O) groups excluding carboxylic acids is 1. The van der Waals surface area contributed by atoms with E-state index in [9.17, 15) is 9.18 Å². The number of benzene rings is 2. The lowest BCUT2D eigenvalue weighted by Gasteiger charge is -2.12. The van der Waals surface area contributed by atoms with Crippen LogP contribution in [-0.2, 0) is 4.74 Å². The Morgan fingerprint density at radius 2 is 1.96 bits per heavy atom. The SMILES string of the molecule is CCOC(=O)Oc1cnc(-c2ccc(C)c(F)c2)nc1Oc1ccccc1Cl. The molecule has 28 heavy (non-hydrogen) atoms. The van der Waals surface area contributed by atoms with Crippen LogP contribution in [0.2, 0.25) is 5.02 Å². The van der Waals surface area contributed by atoms with Crippen molar-refractivity contribution < 1.29 is 23.4 Å². The average Bonchev–Trinajstić information content (AvgIpc) is 2.67. The predicted octanol–water partition coefficient (Wildman–Crippen LogP) is 5.57. The molecule has 0 spiro atoms. The molecule has 0 aliphatic carbocycles. The summed E-state index contributed by atoms with van der Waals surface area (Å²) in [7, 11) is 0. The van der Waals surface area contributed by atoms with E-state index in [-0.39, 0.29) is 29.9 Å². The molecule has 0 atom stereocenters. The van der Waals surface area contributed by atoms with E-state index in [0.717, 1.165) is 0 Å². The third kappa shape index (κ3) is 4.55. The highest BCUT2D eigenvalue weighted by atomic mass is 35.5. The monoisotopic (exact) mass is 402 g/mol. The minimum Gasteiger partial charge on any atom is -0.434 e. The van der Waals surface area contributed by atoms with E-state index in [1.807, 2.05) is 0 Å². The van der Waals surface area contributed by atoms with E-state index in [4.69, 9.17) is 25.8 Å². The lowest BCUT2D eigenvalue weighted by Crippen LogP contribution is -2.11. The molecule has 2 aromatic carbocycles. The van der Waals surface area contributed by atoms with E-state index in [2.05, 4.69) is 9.97 Å². The highest BCUT2D eigenvalue weighted by molar-refractivity contribution is 6.32. The fourth-order valence-corrected chi connectivity index (χ4v) is 2.41. The normalized spacial score (nSPS) is 10.4. The first-order valence-electron chi connectivity index (χ1n) is 8.38. The zero-order valence-corrected chi connectivity index (χ0v) is 15.9. The number of hydrogen-bond donors (Lipinski definition) is 0. The molecule has 3 aromatic rings. The van der Waals surface area contributed by atoms with Crippen molar-refractivity contribution in [3.63, 3.8) is 0 Å². The second-order valence-electron chi connectivity index (χ2n) is 5.64. The maximum absolute atomic E-state index is 13.9. The number of carbonyl (C=O) groups is 1. The summed E-state index contributed by atoms with van der Waals surface area (Å²) < 4.78 is 29.5. The van der Waals surface area contributed by atoms with Gasteiger partial charge in [0.15, 0.2) is 5.82 Å². The Hall–Kier alpha value is -3.19. The van der Waals surface area contributed by atoms with Gasteiger partial charge >= 0.3 is 6.16 Å². The molecule has 0 saturated carbocycles. The quantitative estimate of drug-likeness (QED) is 0.519. The number of para-hydroxylation sites is 1. The van der Waals surface area contributed by atoms with Gasteiger partial charge < -0.3 is 14.2 Å². The van der Waals surface area contributed by atoms with Gasteiger partial charge in [-0.2, -0.15) is 4.98 Å². The van der Waals surface area contributed by atoms with Crippen molar-refractivity contribution in [3.05, 3.63) is 65.1 Å². The number of ether oxygens (including phenoxy) is 3. The molecule has 1 heterocycles. The van der Waals surface area contributed by atoms with Gasteiger partial charge in [0.25, 0.3) is 5.88 Å². The zero-order valence-electron chi connectivity index (χ0n) is 15.1. The van der Waals surface area contributed by atoms with Gasteiger partial charge in [0.2, 0.25) is 5.75 Å². The smallest absolute Gasteiger partial charge is 0.434 e. The standard InChI is InChI=1S/C20H16ClFN2O4/c1-3-26-20(25)28-17-11-23-18(13-9-8-12(2)15(22)10-13)24-19(17)27-16-7-5-4-6-14(16)21/h4-11H,3H2,1-2H3. The number of aryl methyl sites for hydroxylation is 1. The minimum atomic E-state index is -0.927. The van der Waals surface area contributed by atoms with Crippen LogP contribution in [-0.4, -0.2) is 22.7 Å². The van der Waals surface area contributed by atoms with Gasteiger partial charge in [-0.25, -0.2) is 14.2 Å². The maximum atomic E-state index is 13.9. The highest BCUT2D eigenvalue weighted by Crippen LogP contribution is 2.34. The van der Waals surface area contributed by atoms with E-state index >= 15 is 0 Å². The highest BCUT2D eigenvalue weighted by Gasteiger charge is 2.18. The van der Waals surface area contributed by atoms with Gasteiger partial charge in [0.05, 0.1) is 17.8 Å². The van der Waals surface area contributed by atoms with Gasteiger partial charge in [-0.05, 0) is 37.6 Å². The van der Waals surface area contributed by atoms with E-state index in [0.29, 0.717) is 21.9 Å². The van der Waals surface area contributed by atoms with Gasteiger partial charge in [0, 0.05) is 5.56 Å². The van der Waals surface area contributed by atoms with Crippen molar-refractivity contribution in [1.82, 2.24) is 9.97 Å². The van der Waals surface area contributed by atoms with E-state index in [1.165, 1.54) is 12.3 Å². The first kappa shape index (κ1) is 19.6. The number of rotatable bonds is 5.